The van der Waals surface area contributed by atoms with Crippen LogP contribution < -0.4 is 5.32 Å². The van der Waals surface area contributed by atoms with Gasteiger partial charge in [-0.3, -0.25) is 0 Å². The minimum atomic E-state index is -0.503. The first-order valence-corrected chi connectivity index (χ1v) is 8.49. The molecule has 118 valence electrons. The van der Waals surface area contributed by atoms with Crippen molar-refractivity contribution in [1.29, 1.82) is 0 Å². The Morgan fingerprint density at radius 1 is 1.45 bits per heavy atom. The van der Waals surface area contributed by atoms with Crippen LogP contribution in [0.5, 0.6) is 0 Å². The summed E-state index contributed by atoms with van der Waals surface area (Å²) in [5.41, 5.74) is 3.03. The quantitative estimate of drug-likeness (QED) is 0.602. The highest BCUT2D eigenvalue weighted by Gasteiger charge is 2.66. The van der Waals surface area contributed by atoms with E-state index in [1.165, 1.54) is 5.57 Å². The van der Waals surface area contributed by atoms with Gasteiger partial charge in [-0.15, -0.1) is 0 Å². The van der Waals surface area contributed by atoms with Gasteiger partial charge in [-0.1, -0.05) is 24.3 Å². The molecule has 2 fully saturated rings. The monoisotopic (exact) mass is 301 g/mol. The van der Waals surface area contributed by atoms with Crippen molar-refractivity contribution in [2.24, 2.45) is 11.3 Å². The average molecular weight is 301 g/mol. The van der Waals surface area contributed by atoms with Gasteiger partial charge < -0.3 is 19.9 Å². The first kappa shape index (κ1) is 13.3. The van der Waals surface area contributed by atoms with Crippen molar-refractivity contribution >= 4 is 0 Å². The second-order valence-corrected chi connectivity index (χ2v) is 7.33. The Hall–Kier alpha value is -1.10. The molecular formula is C18H23NO3. The summed E-state index contributed by atoms with van der Waals surface area (Å²) in [6.45, 7) is 4.73. The maximum atomic E-state index is 10.6. The Kier molecular flexibility index (Phi) is 2.71. The van der Waals surface area contributed by atoms with Crippen LogP contribution in [-0.2, 0) is 9.47 Å². The Morgan fingerprint density at radius 2 is 2.36 bits per heavy atom. The number of ether oxygens (including phenoxy) is 2. The van der Waals surface area contributed by atoms with Crippen LogP contribution in [0.3, 0.4) is 0 Å². The fraction of sp³-hybridized carbons (Fsp3) is 0.667. The molecule has 2 heterocycles. The molecular weight excluding hydrogens is 278 g/mol. The van der Waals surface area contributed by atoms with E-state index in [-0.39, 0.29) is 23.7 Å². The van der Waals surface area contributed by atoms with Crippen molar-refractivity contribution in [3.63, 3.8) is 0 Å². The number of hydrogen-bond donors (Lipinski definition) is 2. The van der Waals surface area contributed by atoms with Gasteiger partial charge in [0.25, 0.3) is 0 Å². The van der Waals surface area contributed by atoms with Gasteiger partial charge >= 0.3 is 0 Å². The van der Waals surface area contributed by atoms with Gasteiger partial charge in [-0.05, 0) is 37.8 Å². The first-order chi connectivity index (χ1) is 10.8. The molecule has 0 amide bonds. The number of piperidine rings is 1. The van der Waals surface area contributed by atoms with Crippen molar-refractivity contribution in [1.82, 2.24) is 5.32 Å². The zero-order valence-corrected chi connectivity index (χ0v) is 12.7. The number of aliphatic hydroxyl groups excluding tert-OH is 1. The van der Waals surface area contributed by atoms with Crippen LogP contribution >= 0.6 is 0 Å². The van der Waals surface area contributed by atoms with Gasteiger partial charge in [0.05, 0.1) is 18.5 Å². The first-order valence-electron chi connectivity index (χ1n) is 8.49. The Labute approximate surface area is 130 Å². The van der Waals surface area contributed by atoms with E-state index in [0.29, 0.717) is 12.0 Å². The van der Waals surface area contributed by atoms with Crippen LogP contribution in [-0.4, -0.2) is 42.1 Å². The second kappa shape index (κ2) is 4.47. The van der Waals surface area contributed by atoms with E-state index in [1.54, 1.807) is 11.8 Å². The lowest BCUT2D eigenvalue weighted by Gasteiger charge is -2.55. The normalized spacial score (nSPS) is 51.5. The smallest absolute Gasteiger partial charge is 0.128 e. The molecule has 0 radical (unpaired) electrons. The zero-order chi connectivity index (χ0) is 14.9. The molecule has 5 aliphatic rings. The minimum absolute atomic E-state index is 0.00264. The van der Waals surface area contributed by atoms with Crippen LogP contribution in [0.25, 0.3) is 0 Å². The summed E-state index contributed by atoms with van der Waals surface area (Å²) < 4.78 is 12.2. The molecule has 2 saturated heterocycles. The molecule has 22 heavy (non-hydrogen) atoms. The lowest BCUT2D eigenvalue weighted by Crippen LogP contribution is -2.61. The van der Waals surface area contributed by atoms with Crippen LogP contribution in [0.15, 0.2) is 36.1 Å². The Morgan fingerprint density at radius 3 is 3.23 bits per heavy atom. The fourth-order valence-electron chi connectivity index (χ4n) is 5.90. The third kappa shape index (κ3) is 1.44. The van der Waals surface area contributed by atoms with Crippen LogP contribution in [0.1, 0.15) is 25.7 Å². The highest BCUT2D eigenvalue weighted by Crippen LogP contribution is 2.63. The minimum Gasteiger partial charge on any atom is -0.496 e. The van der Waals surface area contributed by atoms with Crippen molar-refractivity contribution in [2.45, 2.75) is 56.1 Å². The molecule has 4 heteroatoms. The maximum absolute atomic E-state index is 10.6. The molecule has 2 N–H and O–H groups in total. The standard InChI is InChI=1S/C18H23NO3/c1-2-21-14-6-3-10-9-12-11-4-5-13(20)17-18(11,7-8-19-12)15(10)16(14)22-17/h2,4-5,11-14,16-17,19-20H,1,3,6-9H2/t11-,12+,13-,14?,16?,17-,18-/m0/s1. The Balaban J connectivity index is 1.69. The van der Waals surface area contributed by atoms with Crippen molar-refractivity contribution in [3.8, 4) is 0 Å². The third-order valence-electron chi connectivity index (χ3n) is 6.57. The van der Waals surface area contributed by atoms with E-state index < -0.39 is 6.10 Å². The molecule has 2 bridgehead atoms. The van der Waals surface area contributed by atoms with Crippen LogP contribution in [0, 0.1) is 11.3 Å². The average Bonchev–Trinajstić information content (AvgIpc) is 2.85. The molecule has 7 atom stereocenters. The van der Waals surface area contributed by atoms with Crippen LogP contribution in [0.2, 0.25) is 0 Å². The highest BCUT2D eigenvalue weighted by molar-refractivity contribution is 5.44. The van der Waals surface area contributed by atoms with Gasteiger partial charge in [-0.2, -0.15) is 0 Å². The molecule has 2 unspecified atom stereocenters. The summed E-state index contributed by atoms with van der Waals surface area (Å²) >= 11 is 0. The van der Waals surface area contributed by atoms with E-state index in [9.17, 15) is 5.11 Å². The van der Waals surface area contributed by atoms with E-state index in [2.05, 4.69) is 18.0 Å². The van der Waals surface area contributed by atoms with Crippen LogP contribution in [0.4, 0.5) is 0 Å². The summed E-state index contributed by atoms with van der Waals surface area (Å²) in [7, 11) is 0. The topological polar surface area (TPSA) is 50.7 Å². The number of nitrogens with one attached hydrogen (secondary N) is 1. The van der Waals surface area contributed by atoms with Gasteiger partial charge in [0.1, 0.15) is 12.2 Å². The molecule has 0 aromatic heterocycles. The molecule has 4 nitrogen and oxygen atoms in total. The molecule has 0 saturated carbocycles. The molecule has 0 aromatic carbocycles. The van der Waals surface area contributed by atoms with Crippen molar-refractivity contribution in [2.75, 3.05) is 6.54 Å². The second-order valence-electron chi connectivity index (χ2n) is 7.33. The predicted molar refractivity (Wildman–Crippen MR) is 82.1 cm³/mol. The van der Waals surface area contributed by atoms with Crippen molar-refractivity contribution < 1.29 is 14.6 Å². The summed E-state index contributed by atoms with van der Waals surface area (Å²) in [6, 6.07) is 0.498. The van der Waals surface area contributed by atoms with Gasteiger partial charge in [-0.25, -0.2) is 0 Å². The number of rotatable bonds is 2. The van der Waals surface area contributed by atoms with Crippen molar-refractivity contribution in [3.05, 3.63) is 36.1 Å². The molecule has 5 rings (SSSR count). The summed E-state index contributed by atoms with van der Waals surface area (Å²) in [5, 5.41) is 14.3. The summed E-state index contributed by atoms with van der Waals surface area (Å²) in [5.74, 6) is 0.445. The fourth-order valence-corrected chi connectivity index (χ4v) is 5.90. The summed E-state index contributed by atoms with van der Waals surface area (Å²) in [6.07, 6.45) is 9.41. The lowest BCUT2D eigenvalue weighted by molar-refractivity contribution is -0.102. The molecule has 3 aliphatic carbocycles. The zero-order valence-electron chi connectivity index (χ0n) is 12.7. The molecule has 1 spiro atoms. The lowest BCUT2D eigenvalue weighted by atomic mass is 9.52. The van der Waals surface area contributed by atoms with E-state index in [4.69, 9.17) is 9.47 Å². The predicted octanol–water partition coefficient (Wildman–Crippen LogP) is 1.67. The Bertz CT molecular complexity index is 583. The van der Waals surface area contributed by atoms with E-state index in [0.717, 1.165) is 32.2 Å². The third-order valence-corrected chi connectivity index (χ3v) is 6.57. The summed E-state index contributed by atoms with van der Waals surface area (Å²) in [4.78, 5) is 0. The molecule has 0 aromatic rings. The highest BCUT2D eigenvalue weighted by atomic mass is 16.6. The largest absolute Gasteiger partial charge is 0.496 e. The van der Waals surface area contributed by atoms with Gasteiger partial charge in [0.15, 0.2) is 0 Å². The van der Waals surface area contributed by atoms with Gasteiger partial charge in [0.2, 0.25) is 0 Å². The molecule has 2 aliphatic heterocycles. The maximum Gasteiger partial charge on any atom is 0.128 e. The SMILES string of the molecule is C=COC1CCC2=C3C1O[C@H]1[C@@H](O)C=C[C@H]4[C@@H](C2)NCC[C@@]341. The number of aliphatic hydroxyl groups is 1. The van der Waals surface area contributed by atoms with Gasteiger partial charge in [0, 0.05) is 17.4 Å². The number of hydrogen-bond acceptors (Lipinski definition) is 4. The van der Waals surface area contributed by atoms with E-state index >= 15 is 0 Å². The van der Waals surface area contributed by atoms with E-state index in [1.807, 2.05) is 6.08 Å².